The van der Waals surface area contributed by atoms with E-state index in [9.17, 15) is 4.79 Å². The summed E-state index contributed by atoms with van der Waals surface area (Å²) in [4.78, 5) is 18.3. The van der Waals surface area contributed by atoms with Crippen LogP contribution in [0.1, 0.15) is 69.9 Å². The Hall–Kier alpha value is -1.64. The van der Waals surface area contributed by atoms with E-state index in [-0.39, 0.29) is 0 Å². The first kappa shape index (κ1) is 18.4. The fourth-order valence-corrected chi connectivity index (χ4v) is 7.97. The number of likely N-dealkylation sites (tertiary alicyclic amines) is 1. The van der Waals surface area contributed by atoms with Crippen molar-refractivity contribution < 1.29 is 4.79 Å². The predicted octanol–water partition coefficient (Wildman–Crippen LogP) is 5.25. The van der Waals surface area contributed by atoms with Gasteiger partial charge < -0.3 is 4.90 Å². The van der Waals surface area contributed by atoms with Crippen molar-refractivity contribution in [1.29, 1.82) is 0 Å². The SMILES string of the molecule is Cc1cncc(C2=CC[C@H]3[C@@H]4CCC5N(C=O)CCC[C@]5(C)C4CC[C@]23C)c1. The quantitative estimate of drug-likeness (QED) is 0.659. The highest BCUT2D eigenvalue weighted by Crippen LogP contribution is 2.66. The summed E-state index contributed by atoms with van der Waals surface area (Å²) in [7, 11) is 0. The van der Waals surface area contributed by atoms with Gasteiger partial charge in [-0.15, -0.1) is 0 Å². The monoisotopic (exact) mass is 378 g/mol. The largest absolute Gasteiger partial charge is 0.342 e. The van der Waals surface area contributed by atoms with Crippen molar-refractivity contribution in [3.63, 3.8) is 0 Å². The van der Waals surface area contributed by atoms with Crippen LogP contribution in [0.2, 0.25) is 0 Å². The van der Waals surface area contributed by atoms with E-state index in [1.807, 2.05) is 6.20 Å². The van der Waals surface area contributed by atoms with Gasteiger partial charge in [0.15, 0.2) is 0 Å². The second kappa shape index (κ2) is 6.43. The summed E-state index contributed by atoms with van der Waals surface area (Å²) in [5.74, 6) is 2.33. The Morgan fingerprint density at radius 1 is 1.14 bits per heavy atom. The number of pyridine rings is 1. The minimum atomic E-state index is 0.291. The second-order valence-corrected chi connectivity index (χ2v) is 10.5. The number of carbonyl (C=O) groups excluding carboxylic acids is 1. The fraction of sp³-hybridized carbons (Fsp3) is 0.680. The summed E-state index contributed by atoms with van der Waals surface area (Å²) in [6, 6.07) is 2.79. The summed E-state index contributed by atoms with van der Waals surface area (Å²) >= 11 is 0. The molecule has 0 aromatic carbocycles. The lowest BCUT2D eigenvalue weighted by Crippen LogP contribution is -2.60. The molecule has 5 rings (SSSR count). The van der Waals surface area contributed by atoms with Gasteiger partial charge in [0.1, 0.15) is 0 Å². The molecule has 3 fully saturated rings. The molecule has 3 heteroatoms. The van der Waals surface area contributed by atoms with Crippen LogP contribution in [0.5, 0.6) is 0 Å². The lowest BCUT2D eigenvalue weighted by atomic mass is 9.46. The number of fused-ring (bicyclic) bond motifs is 5. The third kappa shape index (κ3) is 2.47. The molecule has 150 valence electrons. The lowest BCUT2D eigenvalue weighted by Gasteiger charge is -2.61. The van der Waals surface area contributed by atoms with Crippen molar-refractivity contribution in [3.05, 3.63) is 35.7 Å². The van der Waals surface area contributed by atoms with Crippen LogP contribution in [0.15, 0.2) is 24.5 Å². The number of rotatable bonds is 2. The Bertz CT molecular complexity index is 817. The Morgan fingerprint density at radius 3 is 2.79 bits per heavy atom. The molecule has 2 unspecified atom stereocenters. The number of hydrogen-bond donors (Lipinski definition) is 0. The molecule has 6 atom stereocenters. The summed E-state index contributed by atoms with van der Waals surface area (Å²) in [5.41, 5.74) is 4.75. The van der Waals surface area contributed by atoms with E-state index in [4.69, 9.17) is 0 Å². The topological polar surface area (TPSA) is 33.2 Å². The van der Waals surface area contributed by atoms with Gasteiger partial charge in [-0.1, -0.05) is 19.9 Å². The summed E-state index contributed by atoms with van der Waals surface area (Å²) < 4.78 is 0. The number of piperidine rings is 1. The zero-order valence-electron chi connectivity index (χ0n) is 17.7. The number of amides is 1. The molecule has 0 bridgehead atoms. The molecular weight excluding hydrogens is 344 g/mol. The van der Waals surface area contributed by atoms with Gasteiger partial charge in [0, 0.05) is 25.0 Å². The molecule has 28 heavy (non-hydrogen) atoms. The highest BCUT2D eigenvalue weighted by Gasteiger charge is 2.59. The van der Waals surface area contributed by atoms with Gasteiger partial charge in [-0.05, 0) is 103 Å². The molecular formula is C25H34N2O. The third-order valence-electron chi connectivity index (χ3n) is 9.25. The Balaban J connectivity index is 1.45. The third-order valence-corrected chi connectivity index (χ3v) is 9.25. The molecule has 0 N–H and O–H groups in total. The van der Waals surface area contributed by atoms with E-state index in [2.05, 4.69) is 49.0 Å². The van der Waals surface area contributed by atoms with E-state index in [1.165, 1.54) is 56.1 Å². The average molecular weight is 379 g/mol. The highest BCUT2D eigenvalue weighted by atomic mass is 16.1. The van der Waals surface area contributed by atoms with Gasteiger partial charge in [0.05, 0.1) is 0 Å². The van der Waals surface area contributed by atoms with Crippen molar-refractivity contribution in [1.82, 2.24) is 9.88 Å². The molecule has 0 spiro atoms. The van der Waals surface area contributed by atoms with Crippen molar-refractivity contribution in [3.8, 4) is 0 Å². The number of nitrogens with zero attached hydrogens (tertiary/aromatic N) is 2. The van der Waals surface area contributed by atoms with E-state index in [1.54, 1.807) is 5.57 Å². The van der Waals surface area contributed by atoms with Crippen LogP contribution < -0.4 is 0 Å². The van der Waals surface area contributed by atoms with Crippen LogP contribution in [-0.4, -0.2) is 28.9 Å². The smallest absolute Gasteiger partial charge is 0.209 e. The molecule has 1 aliphatic heterocycles. The minimum Gasteiger partial charge on any atom is -0.342 e. The maximum absolute atomic E-state index is 11.7. The van der Waals surface area contributed by atoms with Gasteiger partial charge in [0.25, 0.3) is 0 Å². The van der Waals surface area contributed by atoms with Crippen LogP contribution in [0.4, 0.5) is 0 Å². The number of aryl methyl sites for hydroxylation is 1. The van der Waals surface area contributed by atoms with Crippen LogP contribution in [0.3, 0.4) is 0 Å². The maximum atomic E-state index is 11.7. The number of allylic oxidation sites excluding steroid dienone is 2. The van der Waals surface area contributed by atoms with Crippen molar-refractivity contribution in [2.75, 3.05) is 6.54 Å². The minimum absolute atomic E-state index is 0.291. The fourth-order valence-electron chi connectivity index (χ4n) is 7.97. The first-order valence-electron chi connectivity index (χ1n) is 11.3. The number of carbonyl (C=O) groups is 1. The van der Waals surface area contributed by atoms with E-state index >= 15 is 0 Å². The van der Waals surface area contributed by atoms with Crippen molar-refractivity contribution in [2.24, 2.45) is 28.6 Å². The highest BCUT2D eigenvalue weighted by molar-refractivity contribution is 5.72. The average Bonchev–Trinajstić information content (AvgIpc) is 3.04. The zero-order chi connectivity index (χ0) is 19.5. The van der Waals surface area contributed by atoms with Crippen LogP contribution in [0.25, 0.3) is 5.57 Å². The molecule has 1 amide bonds. The normalized spacial score (nSPS) is 42.2. The van der Waals surface area contributed by atoms with E-state index in [0.29, 0.717) is 16.9 Å². The maximum Gasteiger partial charge on any atom is 0.209 e. The number of aromatic nitrogens is 1. The van der Waals surface area contributed by atoms with E-state index < -0.39 is 0 Å². The van der Waals surface area contributed by atoms with Gasteiger partial charge >= 0.3 is 0 Å². The lowest BCUT2D eigenvalue weighted by molar-refractivity contribution is -0.142. The molecule has 0 radical (unpaired) electrons. The number of hydrogen-bond acceptors (Lipinski definition) is 2. The Morgan fingerprint density at radius 2 is 2.00 bits per heavy atom. The second-order valence-electron chi connectivity index (χ2n) is 10.5. The Labute approximate surface area is 169 Å². The molecule has 1 aromatic heterocycles. The zero-order valence-corrected chi connectivity index (χ0v) is 17.7. The van der Waals surface area contributed by atoms with Gasteiger partial charge in [-0.2, -0.15) is 0 Å². The summed E-state index contributed by atoms with van der Waals surface area (Å²) in [5, 5.41) is 0. The van der Waals surface area contributed by atoms with E-state index in [0.717, 1.165) is 30.7 Å². The first-order chi connectivity index (χ1) is 13.5. The molecule has 4 aliphatic rings. The van der Waals surface area contributed by atoms with Crippen LogP contribution in [-0.2, 0) is 4.79 Å². The molecule has 1 saturated heterocycles. The van der Waals surface area contributed by atoms with Gasteiger partial charge in [-0.3, -0.25) is 9.78 Å². The standard InChI is InChI=1S/C25H34N2O/c1-17-13-18(15-26-14-17)20-6-7-21-19-5-8-23-25(3,10-4-12-27(23)16-28)22(19)9-11-24(20,21)2/h6,13-16,19,21-23H,4-5,7-12H2,1-3H3/t19-,21-,22?,23?,24+,25+/m0/s1. The first-order valence-corrected chi connectivity index (χ1v) is 11.3. The van der Waals surface area contributed by atoms with Gasteiger partial charge in [-0.25, -0.2) is 0 Å². The molecule has 2 saturated carbocycles. The van der Waals surface area contributed by atoms with Crippen molar-refractivity contribution >= 4 is 12.0 Å². The van der Waals surface area contributed by atoms with Crippen LogP contribution >= 0.6 is 0 Å². The molecule has 2 heterocycles. The molecule has 1 aromatic rings. The van der Waals surface area contributed by atoms with Crippen LogP contribution in [0, 0.1) is 35.5 Å². The summed E-state index contributed by atoms with van der Waals surface area (Å²) in [6.45, 7) is 8.16. The molecule has 3 nitrogen and oxygen atoms in total. The summed E-state index contributed by atoms with van der Waals surface area (Å²) in [6.07, 6.45) is 16.5. The molecule has 3 aliphatic carbocycles. The Kier molecular flexibility index (Phi) is 4.23. The van der Waals surface area contributed by atoms with Gasteiger partial charge in [0.2, 0.25) is 6.41 Å². The predicted molar refractivity (Wildman–Crippen MR) is 113 cm³/mol. The van der Waals surface area contributed by atoms with Crippen molar-refractivity contribution in [2.45, 2.75) is 71.8 Å².